The van der Waals surface area contributed by atoms with Crippen molar-refractivity contribution in [1.29, 1.82) is 0 Å². The fourth-order valence-corrected chi connectivity index (χ4v) is 3.55. The molecule has 0 spiro atoms. The maximum atomic E-state index is 4.69. The molecule has 0 radical (unpaired) electrons. The summed E-state index contributed by atoms with van der Waals surface area (Å²) in [5.41, 5.74) is 1.18. The van der Waals surface area contributed by atoms with Crippen LogP contribution >= 0.6 is 11.3 Å². The number of nitrogens with zero attached hydrogens (tertiary/aromatic N) is 1. The molecule has 0 aliphatic heterocycles. The Hall–Kier alpha value is -0.890. The Balaban J connectivity index is 1.84. The zero-order valence-corrected chi connectivity index (χ0v) is 9.59. The van der Waals surface area contributed by atoms with Crippen LogP contribution in [-0.4, -0.2) is 4.98 Å². The third kappa shape index (κ3) is 1.91. The summed E-state index contributed by atoms with van der Waals surface area (Å²) < 4.78 is 1.34. The molecule has 1 aliphatic rings. The summed E-state index contributed by atoms with van der Waals surface area (Å²) in [5.74, 6) is 0.908. The predicted molar refractivity (Wildman–Crippen MR) is 65.3 cm³/mol. The van der Waals surface area contributed by atoms with Crippen LogP contribution in [0.25, 0.3) is 10.2 Å². The predicted octanol–water partition coefficient (Wildman–Crippen LogP) is 4.03. The molecular formula is C13H15NS. The lowest BCUT2D eigenvalue weighted by atomic mass is 10.1. The van der Waals surface area contributed by atoms with E-state index in [9.17, 15) is 0 Å². The first-order chi connectivity index (χ1) is 7.42. The summed E-state index contributed by atoms with van der Waals surface area (Å²) in [6.07, 6.45) is 6.89. The van der Waals surface area contributed by atoms with Crippen LogP contribution in [0.15, 0.2) is 24.3 Å². The average Bonchev–Trinajstić information content (AvgIpc) is 2.86. The molecule has 78 valence electrons. The standard InChI is InChI=1S/C13H15NS/c1-2-6-10(5-1)9-13-14-11-7-3-4-8-12(11)15-13/h3-4,7-8,10H,1-2,5-6,9H2. The summed E-state index contributed by atoms with van der Waals surface area (Å²) in [4.78, 5) is 4.69. The second-order valence-electron chi connectivity index (χ2n) is 4.43. The van der Waals surface area contributed by atoms with E-state index in [-0.39, 0.29) is 0 Å². The van der Waals surface area contributed by atoms with Gasteiger partial charge in [-0.15, -0.1) is 11.3 Å². The minimum Gasteiger partial charge on any atom is -0.241 e. The lowest BCUT2D eigenvalue weighted by Crippen LogP contribution is -1.97. The Morgan fingerprint density at radius 3 is 2.80 bits per heavy atom. The van der Waals surface area contributed by atoms with E-state index in [0.29, 0.717) is 0 Å². The van der Waals surface area contributed by atoms with E-state index in [1.807, 2.05) is 11.3 Å². The van der Waals surface area contributed by atoms with Gasteiger partial charge in [0.15, 0.2) is 0 Å². The molecule has 1 aromatic carbocycles. The number of aromatic nitrogens is 1. The Bertz CT molecular complexity index is 421. The Labute approximate surface area is 94.2 Å². The first-order valence-corrected chi connectivity index (χ1v) is 6.58. The van der Waals surface area contributed by atoms with Gasteiger partial charge < -0.3 is 0 Å². The highest BCUT2D eigenvalue weighted by Gasteiger charge is 2.17. The molecular weight excluding hydrogens is 202 g/mol. The normalized spacial score (nSPS) is 17.6. The minimum absolute atomic E-state index is 0.908. The van der Waals surface area contributed by atoms with Crippen molar-refractivity contribution in [2.75, 3.05) is 0 Å². The van der Waals surface area contributed by atoms with Crippen LogP contribution in [0.4, 0.5) is 0 Å². The highest BCUT2D eigenvalue weighted by Crippen LogP contribution is 2.30. The monoisotopic (exact) mass is 217 g/mol. The average molecular weight is 217 g/mol. The number of benzene rings is 1. The van der Waals surface area contributed by atoms with Crippen LogP contribution in [0, 0.1) is 5.92 Å². The van der Waals surface area contributed by atoms with Crippen LogP contribution in [0.5, 0.6) is 0 Å². The second kappa shape index (κ2) is 3.93. The van der Waals surface area contributed by atoms with Gasteiger partial charge in [0.25, 0.3) is 0 Å². The summed E-state index contributed by atoms with van der Waals surface area (Å²) in [5, 5.41) is 1.34. The molecule has 0 saturated heterocycles. The highest BCUT2D eigenvalue weighted by molar-refractivity contribution is 7.18. The SMILES string of the molecule is c1ccc2sc(CC3CCCC3)nc2c1. The first kappa shape index (κ1) is 9.34. The fourth-order valence-electron chi connectivity index (χ4n) is 2.47. The number of hydrogen-bond acceptors (Lipinski definition) is 2. The molecule has 15 heavy (non-hydrogen) atoms. The van der Waals surface area contributed by atoms with Gasteiger partial charge in [0.2, 0.25) is 0 Å². The quantitative estimate of drug-likeness (QED) is 0.740. The van der Waals surface area contributed by atoms with Crippen LogP contribution in [0.3, 0.4) is 0 Å². The topological polar surface area (TPSA) is 12.9 Å². The van der Waals surface area contributed by atoms with Crippen molar-refractivity contribution in [2.24, 2.45) is 5.92 Å². The Kier molecular flexibility index (Phi) is 2.45. The van der Waals surface area contributed by atoms with Gasteiger partial charge in [-0.25, -0.2) is 4.98 Å². The molecule has 1 aliphatic carbocycles. The molecule has 1 nitrogen and oxygen atoms in total. The van der Waals surface area contributed by atoms with Gasteiger partial charge in [0.05, 0.1) is 15.2 Å². The van der Waals surface area contributed by atoms with E-state index >= 15 is 0 Å². The molecule has 2 aromatic rings. The molecule has 3 rings (SSSR count). The van der Waals surface area contributed by atoms with Gasteiger partial charge in [0, 0.05) is 6.42 Å². The number of para-hydroxylation sites is 1. The molecule has 1 aromatic heterocycles. The summed E-state index contributed by atoms with van der Waals surface area (Å²) in [7, 11) is 0. The zero-order chi connectivity index (χ0) is 10.1. The number of hydrogen-bond donors (Lipinski definition) is 0. The molecule has 0 atom stereocenters. The molecule has 0 amide bonds. The highest BCUT2D eigenvalue weighted by atomic mass is 32.1. The zero-order valence-electron chi connectivity index (χ0n) is 8.78. The Morgan fingerprint density at radius 1 is 1.20 bits per heavy atom. The van der Waals surface area contributed by atoms with Gasteiger partial charge in [-0.05, 0) is 18.1 Å². The van der Waals surface area contributed by atoms with E-state index in [1.165, 1.54) is 47.3 Å². The smallest absolute Gasteiger partial charge is 0.0941 e. The van der Waals surface area contributed by atoms with E-state index in [2.05, 4.69) is 24.3 Å². The molecule has 1 saturated carbocycles. The molecule has 0 N–H and O–H groups in total. The lowest BCUT2D eigenvalue weighted by molar-refractivity contribution is 0.545. The maximum Gasteiger partial charge on any atom is 0.0941 e. The van der Waals surface area contributed by atoms with Crippen LogP contribution < -0.4 is 0 Å². The first-order valence-electron chi connectivity index (χ1n) is 5.76. The molecule has 1 heterocycles. The van der Waals surface area contributed by atoms with Crippen molar-refractivity contribution in [2.45, 2.75) is 32.1 Å². The largest absolute Gasteiger partial charge is 0.241 e. The van der Waals surface area contributed by atoms with Crippen molar-refractivity contribution >= 4 is 21.6 Å². The number of fused-ring (bicyclic) bond motifs is 1. The molecule has 2 heteroatoms. The lowest BCUT2D eigenvalue weighted by Gasteiger charge is -2.04. The maximum absolute atomic E-state index is 4.69. The van der Waals surface area contributed by atoms with Crippen molar-refractivity contribution in [1.82, 2.24) is 4.98 Å². The van der Waals surface area contributed by atoms with Gasteiger partial charge in [-0.3, -0.25) is 0 Å². The van der Waals surface area contributed by atoms with E-state index in [1.54, 1.807) is 0 Å². The van der Waals surface area contributed by atoms with Crippen molar-refractivity contribution in [3.8, 4) is 0 Å². The molecule has 0 bridgehead atoms. The summed E-state index contributed by atoms with van der Waals surface area (Å²) >= 11 is 1.87. The summed E-state index contributed by atoms with van der Waals surface area (Å²) in [6, 6.07) is 8.45. The molecule has 0 unspecified atom stereocenters. The third-order valence-corrected chi connectivity index (χ3v) is 4.33. The van der Waals surface area contributed by atoms with E-state index in [0.717, 1.165) is 5.92 Å². The number of thiazole rings is 1. The second-order valence-corrected chi connectivity index (χ2v) is 5.55. The van der Waals surface area contributed by atoms with Crippen LogP contribution in [0.2, 0.25) is 0 Å². The minimum atomic E-state index is 0.908. The van der Waals surface area contributed by atoms with Gasteiger partial charge in [-0.2, -0.15) is 0 Å². The van der Waals surface area contributed by atoms with Crippen LogP contribution in [0.1, 0.15) is 30.7 Å². The molecule has 1 fully saturated rings. The third-order valence-electron chi connectivity index (χ3n) is 3.28. The van der Waals surface area contributed by atoms with Gasteiger partial charge in [-0.1, -0.05) is 37.8 Å². The van der Waals surface area contributed by atoms with Crippen molar-refractivity contribution < 1.29 is 0 Å². The van der Waals surface area contributed by atoms with E-state index in [4.69, 9.17) is 4.98 Å². The number of rotatable bonds is 2. The van der Waals surface area contributed by atoms with Crippen LogP contribution in [-0.2, 0) is 6.42 Å². The van der Waals surface area contributed by atoms with E-state index < -0.39 is 0 Å². The van der Waals surface area contributed by atoms with Gasteiger partial charge in [0.1, 0.15) is 0 Å². The van der Waals surface area contributed by atoms with Gasteiger partial charge >= 0.3 is 0 Å². The fraction of sp³-hybridized carbons (Fsp3) is 0.462. The Morgan fingerprint density at radius 2 is 2.00 bits per heavy atom. The van der Waals surface area contributed by atoms with Crippen molar-refractivity contribution in [3.63, 3.8) is 0 Å². The van der Waals surface area contributed by atoms with Crippen molar-refractivity contribution in [3.05, 3.63) is 29.3 Å². The summed E-state index contributed by atoms with van der Waals surface area (Å²) in [6.45, 7) is 0.